The van der Waals surface area contributed by atoms with E-state index >= 15 is 0 Å². The Balaban J connectivity index is 1.78. The SMILES string of the molecule is C#CCCCCCCC#CCCCCCCCCCCC1CC(CO)OC1=O. The highest BCUT2D eigenvalue weighted by molar-refractivity contribution is 5.74. The number of carbonyl (C=O) groups is 1. The van der Waals surface area contributed by atoms with E-state index < -0.39 is 0 Å². The van der Waals surface area contributed by atoms with Crippen LogP contribution in [-0.4, -0.2) is 23.8 Å². The molecule has 1 rings (SSSR count). The number of cyclic esters (lactones) is 1. The summed E-state index contributed by atoms with van der Waals surface area (Å²) in [6.07, 6.45) is 24.4. The van der Waals surface area contributed by atoms with Gasteiger partial charge < -0.3 is 9.84 Å². The van der Waals surface area contributed by atoms with Crippen molar-refractivity contribution in [1.82, 2.24) is 0 Å². The van der Waals surface area contributed by atoms with Gasteiger partial charge in [-0.3, -0.25) is 4.79 Å². The monoisotopic (exact) mass is 388 g/mol. The zero-order valence-corrected chi connectivity index (χ0v) is 17.7. The van der Waals surface area contributed by atoms with Crippen LogP contribution in [0.25, 0.3) is 0 Å². The molecule has 0 radical (unpaired) electrons. The largest absolute Gasteiger partial charge is 0.460 e. The van der Waals surface area contributed by atoms with Gasteiger partial charge in [0.05, 0.1) is 12.5 Å². The van der Waals surface area contributed by atoms with E-state index in [1.165, 1.54) is 64.2 Å². The van der Waals surface area contributed by atoms with Crippen LogP contribution >= 0.6 is 0 Å². The summed E-state index contributed by atoms with van der Waals surface area (Å²) >= 11 is 0. The molecule has 1 aliphatic rings. The average Bonchev–Trinajstić information content (AvgIpc) is 3.07. The van der Waals surface area contributed by atoms with E-state index in [1.807, 2.05) is 0 Å². The molecule has 0 aromatic carbocycles. The van der Waals surface area contributed by atoms with Gasteiger partial charge in [0.15, 0.2) is 0 Å². The second-order valence-electron chi connectivity index (χ2n) is 8.01. The Morgan fingerprint density at radius 1 is 0.821 bits per heavy atom. The normalized spacial score (nSPS) is 18.4. The Kier molecular flexibility index (Phi) is 15.5. The topological polar surface area (TPSA) is 46.5 Å². The van der Waals surface area contributed by atoms with Gasteiger partial charge in [0.2, 0.25) is 0 Å². The third-order valence-corrected chi connectivity index (χ3v) is 5.47. The standard InChI is InChI=1S/C25H40O3/c1-2-3-4-5-6-7-8-9-10-11-12-13-14-15-16-17-18-19-20-23-21-24(22-26)28-25(23)27/h1,23-24,26H,3-8,11-22H2. The highest BCUT2D eigenvalue weighted by atomic mass is 16.6. The number of unbranched alkanes of at least 4 members (excludes halogenated alkanes) is 13. The molecule has 2 atom stereocenters. The van der Waals surface area contributed by atoms with E-state index in [2.05, 4.69) is 17.8 Å². The first-order valence-electron chi connectivity index (χ1n) is 11.5. The van der Waals surface area contributed by atoms with E-state index in [9.17, 15) is 4.79 Å². The first kappa shape index (κ1) is 24.6. The van der Waals surface area contributed by atoms with Crippen LogP contribution in [0, 0.1) is 30.1 Å². The van der Waals surface area contributed by atoms with E-state index in [0.29, 0.717) is 6.42 Å². The van der Waals surface area contributed by atoms with E-state index in [-0.39, 0.29) is 24.6 Å². The summed E-state index contributed by atoms with van der Waals surface area (Å²) in [5.74, 6) is 9.20. The fourth-order valence-corrected chi connectivity index (χ4v) is 3.71. The number of ether oxygens (including phenoxy) is 1. The molecule has 3 heteroatoms. The summed E-state index contributed by atoms with van der Waals surface area (Å²) in [6, 6.07) is 0. The second-order valence-corrected chi connectivity index (χ2v) is 8.01. The van der Waals surface area contributed by atoms with Crippen molar-refractivity contribution in [2.24, 2.45) is 5.92 Å². The first-order valence-corrected chi connectivity index (χ1v) is 11.5. The molecule has 1 N–H and O–H groups in total. The predicted octanol–water partition coefficient (Wildman–Crippen LogP) is 5.79. The zero-order valence-electron chi connectivity index (χ0n) is 17.7. The van der Waals surface area contributed by atoms with Gasteiger partial charge in [-0.1, -0.05) is 57.8 Å². The minimum atomic E-state index is -0.258. The van der Waals surface area contributed by atoms with Crippen molar-refractivity contribution >= 4 is 5.97 Å². The van der Waals surface area contributed by atoms with Gasteiger partial charge in [0.25, 0.3) is 0 Å². The molecule has 1 saturated heterocycles. The second kappa shape index (κ2) is 17.6. The van der Waals surface area contributed by atoms with E-state index in [1.54, 1.807) is 0 Å². The molecular weight excluding hydrogens is 348 g/mol. The Morgan fingerprint density at radius 3 is 1.82 bits per heavy atom. The molecule has 0 amide bonds. The third kappa shape index (κ3) is 12.9. The van der Waals surface area contributed by atoms with Gasteiger partial charge in [-0.25, -0.2) is 0 Å². The Hall–Kier alpha value is -1.45. The highest BCUT2D eigenvalue weighted by Gasteiger charge is 2.33. The molecule has 2 unspecified atom stereocenters. The maximum Gasteiger partial charge on any atom is 0.309 e. The van der Waals surface area contributed by atoms with Gasteiger partial charge in [0, 0.05) is 19.3 Å². The van der Waals surface area contributed by atoms with Crippen molar-refractivity contribution in [1.29, 1.82) is 0 Å². The zero-order chi connectivity index (χ0) is 20.3. The van der Waals surface area contributed by atoms with Gasteiger partial charge >= 0.3 is 5.97 Å². The van der Waals surface area contributed by atoms with Crippen LogP contribution in [0.15, 0.2) is 0 Å². The number of terminal acetylenes is 1. The Bertz CT molecular complexity index is 494. The van der Waals surface area contributed by atoms with Crippen LogP contribution in [0.5, 0.6) is 0 Å². The summed E-state index contributed by atoms with van der Waals surface area (Å²) in [4.78, 5) is 11.6. The molecule has 0 bridgehead atoms. The van der Waals surface area contributed by atoms with Crippen molar-refractivity contribution in [3.63, 3.8) is 0 Å². The van der Waals surface area contributed by atoms with Gasteiger partial charge in [-0.15, -0.1) is 24.2 Å². The summed E-state index contributed by atoms with van der Waals surface area (Å²) < 4.78 is 5.11. The van der Waals surface area contributed by atoms with E-state index in [0.717, 1.165) is 38.5 Å². The molecule has 28 heavy (non-hydrogen) atoms. The van der Waals surface area contributed by atoms with Crippen LogP contribution in [0.3, 0.4) is 0 Å². The maximum absolute atomic E-state index is 11.6. The minimum Gasteiger partial charge on any atom is -0.460 e. The predicted molar refractivity (Wildman–Crippen MR) is 116 cm³/mol. The summed E-state index contributed by atoms with van der Waals surface area (Å²) in [5, 5.41) is 9.04. The Labute approximate surface area is 173 Å². The lowest BCUT2D eigenvalue weighted by Crippen LogP contribution is -2.10. The van der Waals surface area contributed by atoms with Crippen LogP contribution < -0.4 is 0 Å². The maximum atomic E-state index is 11.6. The Morgan fingerprint density at radius 2 is 1.32 bits per heavy atom. The molecule has 1 fully saturated rings. The third-order valence-electron chi connectivity index (χ3n) is 5.47. The summed E-state index contributed by atoms with van der Waals surface area (Å²) in [7, 11) is 0. The molecule has 0 spiro atoms. The van der Waals surface area contributed by atoms with Gasteiger partial charge in [0.1, 0.15) is 6.10 Å². The molecule has 0 aromatic heterocycles. The van der Waals surface area contributed by atoms with Gasteiger partial charge in [-0.05, 0) is 32.1 Å². The number of esters is 1. The highest BCUT2D eigenvalue weighted by Crippen LogP contribution is 2.26. The summed E-state index contributed by atoms with van der Waals surface area (Å²) in [5.41, 5.74) is 0. The molecule has 158 valence electrons. The fraction of sp³-hybridized carbons (Fsp3) is 0.800. The molecular formula is C25H40O3. The number of aliphatic hydroxyl groups is 1. The lowest BCUT2D eigenvalue weighted by molar-refractivity contribution is -0.145. The van der Waals surface area contributed by atoms with Crippen LogP contribution in [0.2, 0.25) is 0 Å². The number of carbonyl (C=O) groups excluding carboxylic acids is 1. The van der Waals surface area contributed by atoms with Crippen LogP contribution in [0.4, 0.5) is 0 Å². The fourth-order valence-electron chi connectivity index (χ4n) is 3.71. The number of hydrogen-bond acceptors (Lipinski definition) is 3. The smallest absolute Gasteiger partial charge is 0.309 e. The van der Waals surface area contributed by atoms with Crippen molar-refractivity contribution < 1.29 is 14.6 Å². The van der Waals surface area contributed by atoms with Crippen LogP contribution in [-0.2, 0) is 9.53 Å². The molecule has 3 nitrogen and oxygen atoms in total. The lowest BCUT2D eigenvalue weighted by atomic mass is 9.97. The van der Waals surface area contributed by atoms with Crippen molar-refractivity contribution in [2.75, 3.05) is 6.61 Å². The molecule has 1 heterocycles. The minimum absolute atomic E-state index is 0.0201. The van der Waals surface area contributed by atoms with Crippen molar-refractivity contribution in [2.45, 2.75) is 115 Å². The number of hydrogen-bond donors (Lipinski definition) is 1. The molecule has 0 saturated carbocycles. The molecule has 1 aliphatic heterocycles. The number of aliphatic hydroxyl groups excluding tert-OH is 1. The molecule has 0 aromatic rings. The van der Waals surface area contributed by atoms with E-state index in [4.69, 9.17) is 16.3 Å². The quantitative estimate of drug-likeness (QED) is 0.207. The first-order chi connectivity index (χ1) is 13.8. The van der Waals surface area contributed by atoms with Crippen LogP contribution in [0.1, 0.15) is 109 Å². The lowest BCUT2D eigenvalue weighted by Gasteiger charge is -2.05. The molecule has 0 aliphatic carbocycles. The summed E-state index contributed by atoms with van der Waals surface area (Å²) in [6.45, 7) is -0.0401. The number of rotatable bonds is 16. The average molecular weight is 389 g/mol. The van der Waals surface area contributed by atoms with Crippen molar-refractivity contribution in [3.8, 4) is 24.2 Å². The van der Waals surface area contributed by atoms with Crippen molar-refractivity contribution in [3.05, 3.63) is 0 Å². The van der Waals surface area contributed by atoms with Gasteiger partial charge in [-0.2, -0.15) is 0 Å².